The quantitative estimate of drug-likeness (QED) is 0.245. The van der Waals surface area contributed by atoms with Crippen LogP contribution in [0.25, 0.3) is 0 Å². The number of aliphatic carboxylic acids is 1. The van der Waals surface area contributed by atoms with Crippen molar-refractivity contribution < 1.29 is 42.1 Å². The Hall–Kier alpha value is -3.27. The van der Waals surface area contributed by atoms with Gasteiger partial charge in [-0.15, -0.1) is 0 Å². The molecule has 0 spiro atoms. The second-order valence-electron chi connectivity index (χ2n) is 9.26. The van der Waals surface area contributed by atoms with Gasteiger partial charge in [0.15, 0.2) is 6.10 Å². The minimum atomic E-state index is -4.47. The van der Waals surface area contributed by atoms with Crippen LogP contribution in [-0.4, -0.2) is 54.5 Å². The summed E-state index contributed by atoms with van der Waals surface area (Å²) in [6.45, 7) is 7.02. The van der Waals surface area contributed by atoms with E-state index in [-0.39, 0.29) is 31.2 Å². The molecule has 1 N–H and O–H groups in total. The first kappa shape index (κ1) is 31.9. The number of ether oxygens (including phenoxy) is 3. The second-order valence-corrected chi connectivity index (χ2v) is 9.26. The summed E-state index contributed by atoms with van der Waals surface area (Å²) in [6.07, 6.45) is -2.05. The Balaban J connectivity index is 2.03. The molecule has 1 atom stereocenters. The van der Waals surface area contributed by atoms with E-state index in [0.29, 0.717) is 18.9 Å². The number of amides is 1. The van der Waals surface area contributed by atoms with Gasteiger partial charge in [-0.1, -0.05) is 38.8 Å². The molecule has 0 saturated heterocycles. The fraction of sp³-hybridized carbons (Fsp3) is 0.517. The zero-order chi connectivity index (χ0) is 28.8. The summed E-state index contributed by atoms with van der Waals surface area (Å²) >= 11 is 0. The van der Waals surface area contributed by atoms with E-state index in [9.17, 15) is 27.9 Å². The summed E-state index contributed by atoms with van der Waals surface area (Å²) in [5.41, 5.74) is -0.0344. The van der Waals surface area contributed by atoms with Gasteiger partial charge in [0.1, 0.15) is 18.1 Å². The molecule has 1 unspecified atom stereocenters. The maximum Gasteiger partial charge on any atom is 0.416 e. The molecule has 0 saturated carbocycles. The Kier molecular flexibility index (Phi) is 13.1. The van der Waals surface area contributed by atoms with Gasteiger partial charge in [0.2, 0.25) is 0 Å². The molecule has 0 radical (unpaired) electrons. The number of halogens is 3. The summed E-state index contributed by atoms with van der Waals surface area (Å²) in [4.78, 5) is 25.8. The molecule has 216 valence electrons. The monoisotopic (exact) mass is 553 g/mol. The fourth-order valence-electron chi connectivity index (χ4n) is 4.22. The molecule has 0 aliphatic carbocycles. The van der Waals surface area contributed by atoms with Crippen LogP contribution in [0.2, 0.25) is 0 Å². The highest BCUT2D eigenvalue weighted by Gasteiger charge is 2.30. The van der Waals surface area contributed by atoms with E-state index in [2.05, 4.69) is 13.8 Å². The van der Waals surface area contributed by atoms with Crippen molar-refractivity contribution in [3.8, 4) is 11.5 Å². The summed E-state index contributed by atoms with van der Waals surface area (Å²) in [6, 6.07) is 11.0. The lowest BCUT2D eigenvalue weighted by Crippen LogP contribution is -2.40. The Morgan fingerprint density at radius 3 is 2.03 bits per heavy atom. The van der Waals surface area contributed by atoms with Crippen LogP contribution in [0, 0.1) is 5.92 Å². The van der Waals surface area contributed by atoms with Gasteiger partial charge in [-0.3, -0.25) is 0 Å². The molecule has 0 fully saturated rings. The van der Waals surface area contributed by atoms with Crippen molar-refractivity contribution in [2.24, 2.45) is 5.92 Å². The van der Waals surface area contributed by atoms with Crippen LogP contribution >= 0.6 is 0 Å². The average molecular weight is 554 g/mol. The Morgan fingerprint density at radius 2 is 1.51 bits per heavy atom. The van der Waals surface area contributed by atoms with Crippen LogP contribution in [0.4, 0.5) is 18.0 Å². The lowest BCUT2D eigenvalue weighted by molar-refractivity contribution is -0.150. The van der Waals surface area contributed by atoms with E-state index >= 15 is 0 Å². The predicted molar refractivity (Wildman–Crippen MR) is 141 cm³/mol. The van der Waals surface area contributed by atoms with E-state index in [4.69, 9.17) is 14.2 Å². The van der Waals surface area contributed by atoms with Crippen LogP contribution in [0.15, 0.2) is 48.5 Å². The summed E-state index contributed by atoms with van der Waals surface area (Å²) in [7, 11) is 0. The van der Waals surface area contributed by atoms with Crippen LogP contribution in [0.3, 0.4) is 0 Å². The molecule has 0 aliphatic rings. The van der Waals surface area contributed by atoms with Crippen molar-refractivity contribution in [1.82, 2.24) is 4.90 Å². The van der Waals surface area contributed by atoms with Crippen molar-refractivity contribution in [1.29, 1.82) is 0 Å². The first-order valence-corrected chi connectivity index (χ1v) is 13.3. The standard InChI is InChI=1S/C29H38F3NO6/c1-4-7-22(8-5-2)20-33(28(36)39-25-15-11-23(12-16-25)29(30,31)32)17-18-38-24-13-9-21(10-14-24)19-26(27(34)35)37-6-3/h9-16,22,26H,4-8,17-20H2,1-3H3,(H,34,35). The zero-order valence-corrected chi connectivity index (χ0v) is 22.7. The van der Waals surface area contributed by atoms with Crippen LogP contribution < -0.4 is 9.47 Å². The largest absolute Gasteiger partial charge is 0.492 e. The normalized spacial score (nSPS) is 12.3. The molecule has 10 heteroatoms. The number of carboxylic acids is 1. The van der Waals surface area contributed by atoms with Crippen molar-refractivity contribution in [2.45, 2.75) is 65.2 Å². The van der Waals surface area contributed by atoms with E-state index in [1.165, 1.54) is 4.90 Å². The minimum absolute atomic E-state index is 0.0313. The number of benzene rings is 2. The van der Waals surface area contributed by atoms with Gasteiger partial charge in [0, 0.05) is 19.6 Å². The molecule has 39 heavy (non-hydrogen) atoms. The summed E-state index contributed by atoms with van der Waals surface area (Å²) in [5.74, 6) is -0.183. The number of alkyl halides is 3. The van der Waals surface area contributed by atoms with Gasteiger partial charge in [-0.25, -0.2) is 9.59 Å². The third-order valence-corrected chi connectivity index (χ3v) is 6.14. The van der Waals surface area contributed by atoms with Crippen molar-refractivity contribution >= 4 is 12.1 Å². The van der Waals surface area contributed by atoms with E-state index in [0.717, 1.165) is 55.5 Å². The number of hydrogen-bond acceptors (Lipinski definition) is 5. The molecule has 2 aromatic rings. The maximum atomic E-state index is 13.0. The van der Waals surface area contributed by atoms with E-state index < -0.39 is 29.9 Å². The van der Waals surface area contributed by atoms with Crippen LogP contribution in [-0.2, 0) is 22.1 Å². The topological polar surface area (TPSA) is 85.3 Å². The highest BCUT2D eigenvalue weighted by atomic mass is 19.4. The Bertz CT molecular complexity index is 1010. The minimum Gasteiger partial charge on any atom is -0.492 e. The van der Waals surface area contributed by atoms with Crippen molar-refractivity contribution in [3.05, 3.63) is 59.7 Å². The zero-order valence-electron chi connectivity index (χ0n) is 22.7. The van der Waals surface area contributed by atoms with Gasteiger partial charge in [0.05, 0.1) is 12.1 Å². The van der Waals surface area contributed by atoms with Crippen molar-refractivity contribution in [3.63, 3.8) is 0 Å². The van der Waals surface area contributed by atoms with Crippen LogP contribution in [0.1, 0.15) is 57.6 Å². The predicted octanol–water partition coefficient (Wildman–Crippen LogP) is 6.83. The van der Waals surface area contributed by atoms with Gasteiger partial charge < -0.3 is 24.2 Å². The summed E-state index contributed by atoms with van der Waals surface area (Å²) < 4.78 is 55.1. The number of carbonyl (C=O) groups excluding carboxylic acids is 1. The third-order valence-electron chi connectivity index (χ3n) is 6.14. The molecule has 2 rings (SSSR count). The van der Waals surface area contributed by atoms with Crippen LogP contribution in [0.5, 0.6) is 11.5 Å². The second kappa shape index (κ2) is 16.0. The number of carbonyl (C=O) groups is 2. The molecular formula is C29H38F3NO6. The molecule has 0 aliphatic heterocycles. The number of carboxylic acid groups (broad SMARTS) is 1. The Labute approximate surface area is 227 Å². The van der Waals surface area contributed by atoms with E-state index in [1.807, 2.05) is 0 Å². The molecule has 1 amide bonds. The molecule has 0 aromatic heterocycles. The molecule has 2 aromatic carbocycles. The van der Waals surface area contributed by atoms with E-state index in [1.54, 1.807) is 31.2 Å². The highest BCUT2D eigenvalue weighted by Crippen LogP contribution is 2.30. The van der Waals surface area contributed by atoms with Gasteiger partial charge in [0.25, 0.3) is 0 Å². The number of rotatable bonds is 16. The lowest BCUT2D eigenvalue weighted by Gasteiger charge is -2.27. The molecule has 0 bridgehead atoms. The third kappa shape index (κ3) is 11.2. The van der Waals surface area contributed by atoms with Crippen molar-refractivity contribution in [2.75, 3.05) is 26.3 Å². The first-order chi connectivity index (χ1) is 18.6. The average Bonchev–Trinajstić information content (AvgIpc) is 2.88. The van der Waals surface area contributed by atoms with Gasteiger partial charge in [-0.2, -0.15) is 13.2 Å². The fourth-order valence-corrected chi connectivity index (χ4v) is 4.22. The molecule has 0 heterocycles. The number of hydrogen-bond donors (Lipinski definition) is 1. The Morgan fingerprint density at radius 1 is 0.923 bits per heavy atom. The maximum absolute atomic E-state index is 13.0. The lowest BCUT2D eigenvalue weighted by atomic mass is 9.98. The summed E-state index contributed by atoms with van der Waals surface area (Å²) in [5, 5.41) is 9.26. The highest BCUT2D eigenvalue weighted by molar-refractivity contribution is 5.72. The van der Waals surface area contributed by atoms with Gasteiger partial charge >= 0.3 is 18.2 Å². The number of nitrogens with zero attached hydrogens (tertiary/aromatic N) is 1. The smallest absolute Gasteiger partial charge is 0.416 e. The first-order valence-electron chi connectivity index (χ1n) is 13.3. The molecule has 7 nitrogen and oxygen atoms in total. The van der Waals surface area contributed by atoms with Gasteiger partial charge in [-0.05, 0) is 67.6 Å². The SMILES string of the molecule is CCCC(CCC)CN(CCOc1ccc(CC(OCC)C(=O)O)cc1)C(=O)Oc1ccc(C(F)(F)F)cc1. The molecular weight excluding hydrogens is 515 g/mol.